The Balaban J connectivity index is 2.07. The number of nitrogens with zero attached hydrogens (tertiary/aromatic N) is 2. The van der Waals surface area contributed by atoms with Gasteiger partial charge in [0.2, 0.25) is 0 Å². The molecule has 0 aliphatic rings. The maximum absolute atomic E-state index is 12.9. The van der Waals surface area contributed by atoms with Crippen molar-refractivity contribution in [3.63, 3.8) is 0 Å². The molecule has 9 heteroatoms. The van der Waals surface area contributed by atoms with E-state index in [1.54, 1.807) is 49.8 Å². The van der Waals surface area contributed by atoms with Gasteiger partial charge in [0.25, 0.3) is 15.6 Å². The van der Waals surface area contributed by atoms with Gasteiger partial charge < -0.3 is 4.74 Å². The van der Waals surface area contributed by atoms with Crippen molar-refractivity contribution < 1.29 is 17.9 Å². The van der Waals surface area contributed by atoms with E-state index in [0.29, 0.717) is 16.9 Å². The van der Waals surface area contributed by atoms with Crippen molar-refractivity contribution in [3.05, 3.63) is 75.7 Å². The van der Waals surface area contributed by atoms with Gasteiger partial charge in [0, 0.05) is 7.05 Å². The lowest BCUT2D eigenvalue weighted by Gasteiger charge is -2.10. The molecule has 1 heterocycles. The fourth-order valence-corrected chi connectivity index (χ4v) is 4.12. The minimum atomic E-state index is -4.11. The van der Waals surface area contributed by atoms with Gasteiger partial charge in [0.15, 0.2) is 0 Å². The zero-order chi connectivity index (χ0) is 21.3. The molecule has 0 aliphatic heterocycles. The summed E-state index contributed by atoms with van der Waals surface area (Å²) in [5, 5.41) is 0. The lowest BCUT2D eigenvalue weighted by atomic mass is 10.1. The molecule has 1 N–H and O–H groups in total. The number of para-hydroxylation sites is 1. The van der Waals surface area contributed by atoms with E-state index in [1.807, 2.05) is 6.07 Å². The molecule has 0 saturated heterocycles. The van der Waals surface area contributed by atoms with Gasteiger partial charge in [-0.1, -0.05) is 24.3 Å². The third-order valence-electron chi connectivity index (χ3n) is 4.72. The van der Waals surface area contributed by atoms with Gasteiger partial charge in [-0.05, 0) is 43.7 Å². The number of carbonyl (C=O) groups is 1. The number of rotatable bonds is 5. The smallest absolute Gasteiger partial charge is 0.338 e. The first-order valence-corrected chi connectivity index (χ1v) is 10.2. The Bertz CT molecular complexity index is 1240. The maximum Gasteiger partial charge on any atom is 0.338 e. The average Bonchev–Trinajstić information content (AvgIpc) is 2.91. The van der Waals surface area contributed by atoms with E-state index in [2.05, 4.69) is 4.72 Å². The van der Waals surface area contributed by atoms with Gasteiger partial charge in [-0.3, -0.25) is 14.2 Å². The van der Waals surface area contributed by atoms with E-state index in [-0.39, 0.29) is 16.1 Å². The Morgan fingerprint density at radius 1 is 1.07 bits per heavy atom. The highest BCUT2D eigenvalue weighted by Crippen LogP contribution is 2.21. The van der Waals surface area contributed by atoms with Crippen LogP contribution in [-0.2, 0) is 21.8 Å². The van der Waals surface area contributed by atoms with Crippen LogP contribution in [0.1, 0.15) is 21.6 Å². The number of carbonyl (C=O) groups excluding carboxylic acids is 1. The third kappa shape index (κ3) is 3.68. The van der Waals surface area contributed by atoms with Crippen LogP contribution in [0.3, 0.4) is 0 Å². The normalized spacial score (nSPS) is 11.3. The van der Waals surface area contributed by atoms with Crippen molar-refractivity contribution in [2.75, 3.05) is 11.8 Å². The molecule has 0 aliphatic carbocycles. The number of aromatic nitrogens is 2. The summed E-state index contributed by atoms with van der Waals surface area (Å²) in [5.74, 6) is -0.637. The summed E-state index contributed by atoms with van der Waals surface area (Å²) >= 11 is 0. The first-order chi connectivity index (χ1) is 13.7. The monoisotopic (exact) mass is 415 g/mol. The minimum Gasteiger partial charge on any atom is -0.465 e. The topological polar surface area (TPSA) is 99.4 Å². The number of sulfonamides is 1. The lowest BCUT2D eigenvalue weighted by Crippen LogP contribution is -2.23. The number of methoxy groups -OCH3 is 1. The van der Waals surface area contributed by atoms with E-state index in [9.17, 15) is 18.0 Å². The van der Waals surface area contributed by atoms with E-state index < -0.39 is 21.6 Å². The molecule has 8 nitrogen and oxygen atoms in total. The Morgan fingerprint density at radius 2 is 1.72 bits per heavy atom. The largest absolute Gasteiger partial charge is 0.465 e. The number of ether oxygens (including phenoxy) is 1. The summed E-state index contributed by atoms with van der Waals surface area (Å²) in [4.78, 5) is 24.7. The van der Waals surface area contributed by atoms with Crippen LogP contribution in [0.5, 0.6) is 0 Å². The third-order valence-corrected chi connectivity index (χ3v) is 6.06. The molecule has 0 fully saturated rings. The van der Waals surface area contributed by atoms with Crippen LogP contribution in [0.4, 0.5) is 5.69 Å². The Morgan fingerprint density at radius 3 is 2.34 bits per heavy atom. The SMILES string of the molecule is COC(=O)c1cc(S(=O)(=O)Nc2c(C)n(C)n(-c3ccccc3)c2=O)ccc1C. The van der Waals surface area contributed by atoms with E-state index in [1.165, 1.54) is 30.0 Å². The van der Waals surface area contributed by atoms with Crippen LogP contribution in [0, 0.1) is 13.8 Å². The molecule has 152 valence electrons. The van der Waals surface area contributed by atoms with Gasteiger partial charge in [-0.2, -0.15) is 0 Å². The van der Waals surface area contributed by atoms with Gasteiger partial charge in [0.05, 0.1) is 29.0 Å². The molecule has 0 saturated carbocycles. The molecular weight excluding hydrogens is 394 g/mol. The average molecular weight is 415 g/mol. The molecule has 0 bridgehead atoms. The molecule has 0 radical (unpaired) electrons. The van der Waals surface area contributed by atoms with Crippen LogP contribution >= 0.6 is 0 Å². The summed E-state index contributed by atoms with van der Waals surface area (Å²) in [6, 6.07) is 13.0. The first-order valence-electron chi connectivity index (χ1n) is 8.73. The summed E-state index contributed by atoms with van der Waals surface area (Å²) in [6.07, 6.45) is 0. The second-order valence-electron chi connectivity index (χ2n) is 6.51. The van der Waals surface area contributed by atoms with Crippen molar-refractivity contribution in [1.82, 2.24) is 9.36 Å². The Labute approximate surface area is 168 Å². The quantitative estimate of drug-likeness (QED) is 0.645. The molecule has 1 aromatic heterocycles. The molecule has 3 aromatic rings. The molecule has 0 unspecified atom stereocenters. The summed E-state index contributed by atoms with van der Waals surface area (Å²) in [5.41, 5.74) is 1.22. The zero-order valence-electron chi connectivity index (χ0n) is 16.5. The Hall–Kier alpha value is -3.33. The number of benzene rings is 2. The zero-order valence-corrected chi connectivity index (χ0v) is 17.3. The fraction of sp³-hybridized carbons (Fsp3) is 0.200. The van der Waals surface area contributed by atoms with Gasteiger partial charge in [-0.15, -0.1) is 0 Å². The van der Waals surface area contributed by atoms with E-state index >= 15 is 0 Å². The highest BCUT2D eigenvalue weighted by molar-refractivity contribution is 7.92. The second-order valence-corrected chi connectivity index (χ2v) is 8.19. The fourth-order valence-electron chi connectivity index (χ4n) is 2.98. The number of nitrogens with one attached hydrogen (secondary N) is 1. The molecule has 0 spiro atoms. The second kappa shape index (κ2) is 7.59. The van der Waals surface area contributed by atoms with Gasteiger partial charge in [0.1, 0.15) is 5.69 Å². The standard InChI is InChI=1S/C20H21N3O5S/c1-13-10-11-16(12-17(13)20(25)28-4)29(26,27)21-18-14(2)22(3)23(19(18)24)15-8-6-5-7-9-15/h5-12,21H,1-4H3. The van der Waals surface area contributed by atoms with Crippen LogP contribution in [0.25, 0.3) is 5.69 Å². The number of hydrogen-bond acceptors (Lipinski definition) is 5. The van der Waals surface area contributed by atoms with Crippen molar-refractivity contribution in [2.45, 2.75) is 18.7 Å². The van der Waals surface area contributed by atoms with Crippen molar-refractivity contribution >= 4 is 21.7 Å². The minimum absolute atomic E-state index is 0.0588. The molecule has 29 heavy (non-hydrogen) atoms. The van der Waals surface area contributed by atoms with Gasteiger partial charge in [-0.25, -0.2) is 17.9 Å². The number of esters is 1. The van der Waals surface area contributed by atoms with E-state index in [4.69, 9.17) is 4.74 Å². The maximum atomic E-state index is 12.9. The molecule has 0 amide bonds. The highest BCUT2D eigenvalue weighted by Gasteiger charge is 2.24. The van der Waals surface area contributed by atoms with Crippen LogP contribution in [-0.4, -0.2) is 30.9 Å². The number of aryl methyl sites for hydroxylation is 1. The van der Waals surface area contributed by atoms with Crippen LogP contribution in [0.2, 0.25) is 0 Å². The molecule has 0 atom stereocenters. The Kier molecular flexibility index (Phi) is 5.34. The lowest BCUT2D eigenvalue weighted by molar-refractivity contribution is 0.0599. The number of anilines is 1. The van der Waals surface area contributed by atoms with Crippen molar-refractivity contribution in [1.29, 1.82) is 0 Å². The molecular formula is C20H21N3O5S. The van der Waals surface area contributed by atoms with Crippen molar-refractivity contribution in [2.24, 2.45) is 7.05 Å². The predicted octanol–water partition coefficient (Wildman–Crippen LogP) is 2.38. The summed E-state index contributed by atoms with van der Waals surface area (Å²) < 4.78 is 35.9. The first kappa shape index (κ1) is 20.4. The summed E-state index contributed by atoms with van der Waals surface area (Å²) in [6.45, 7) is 3.32. The van der Waals surface area contributed by atoms with Crippen LogP contribution in [0.15, 0.2) is 58.2 Å². The molecule has 2 aromatic carbocycles. The van der Waals surface area contributed by atoms with Crippen LogP contribution < -0.4 is 10.3 Å². The van der Waals surface area contributed by atoms with Crippen molar-refractivity contribution in [3.8, 4) is 5.69 Å². The molecule has 3 rings (SSSR count). The highest BCUT2D eigenvalue weighted by atomic mass is 32.2. The van der Waals surface area contributed by atoms with Gasteiger partial charge >= 0.3 is 5.97 Å². The summed E-state index contributed by atoms with van der Waals surface area (Å²) in [7, 11) is -1.22. The number of hydrogen-bond donors (Lipinski definition) is 1. The predicted molar refractivity (Wildman–Crippen MR) is 109 cm³/mol. The van der Waals surface area contributed by atoms with E-state index in [0.717, 1.165) is 0 Å².